The van der Waals surface area contributed by atoms with Crippen LogP contribution >= 0.6 is 0 Å². The molecule has 1 fully saturated rings. The van der Waals surface area contributed by atoms with Crippen molar-refractivity contribution in [1.29, 1.82) is 0 Å². The largest absolute Gasteiger partial charge is 0.310 e. The van der Waals surface area contributed by atoms with Gasteiger partial charge < -0.3 is 5.32 Å². The normalized spacial score (nSPS) is 15.0. The highest BCUT2D eigenvalue weighted by molar-refractivity contribution is 5.25. The molecule has 94 valence electrons. The van der Waals surface area contributed by atoms with Gasteiger partial charge in [0.25, 0.3) is 0 Å². The molecule has 3 rings (SSSR count). The lowest BCUT2D eigenvalue weighted by atomic mass is 10.3. The summed E-state index contributed by atoms with van der Waals surface area (Å²) >= 11 is 0. The van der Waals surface area contributed by atoms with Crippen molar-refractivity contribution in [3.63, 3.8) is 0 Å². The predicted octanol–water partition coefficient (Wildman–Crippen LogP) is 1.53. The monoisotopic (exact) mass is 243 g/mol. The number of nitrogens with zero attached hydrogens (tertiary/aromatic N) is 4. The molecule has 0 aromatic carbocycles. The highest BCUT2D eigenvalue weighted by Gasteiger charge is 2.19. The molecule has 1 saturated carbocycles. The molecule has 2 aromatic rings. The van der Waals surface area contributed by atoms with E-state index in [0.717, 1.165) is 30.1 Å². The molecule has 0 atom stereocenters. The Kier molecular flexibility index (Phi) is 2.83. The van der Waals surface area contributed by atoms with Crippen LogP contribution in [0.5, 0.6) is 0 Å². The van der Waals surface area contributed by atoms with Crippen LogP contribution in [0.1, 0.15) is 30.1 Å². The standard InChI is InChI=1S/C13H17N5/c1-9-16-10(2)18(17-9)13-6-3-11(8-15-13)7-14-12-4-5-12/h3,6,8,12,14H,4-5,7H2,1-2H3. The molecule has 5 nitrogen and oxygen atoms in total. The summed E-state index contributed by atoms with van der Waals surface area (Å²) in [6.07, 6.45) is 4.52. The quantitative estimate of drug-likeness (QED) is 0.884. The minimum atomic E-state index is 0.727. The van der Waals surface area contributed by atoms with Crippen LogP contribution in [0.2, 0.25) is 0 Å². The van der Waals surface area contributed by atoms with Crippen LogP contribution in [0.15, 0.2) is 18.3 Å². The number of nitrogens with one attached hydrogen (secondary N) is 1. The van der Waals surface area contributed by atoms with E-state index in [1.807, 2.05) is 26.1 Å². The fraction of sp³-hybridized carbons (Fsp3) is 0.462. The van der Waals surface area contributed by atoms with Crippen molar-refractivity contribution in [1.82, 2.24) is 25.1 Å². The Hall–Kier alpha value is -1.75. The summed E-state index contributed by atoms with van der Waals surface area (Å²) < 4.78 is 1.77. The maximum Gasteiger partial charge on any atom is 0.155 e. The summed E-state index contributed by atoms with van der Waals surface area (Å²) in [4.78, 5) is 8.72. The summed E-state index contributed by atoms with van der Waals surface area (Å²) in [6, 6.07) is 4.81. The average Bonchev–Trinajstić information content (AvgIpc) is 3.13. The van der Waals surface area contributed by atoms with Crippen molar-refractivity contribution >= 4 is 0 Å². The summed E-state index contributed by atoms with van der Waals surface area (Å²) in [5.74, 6) is 2.46. The molecule has 0 spiro atoms. The van der Waals surface area contributed by atoms with Gasteiger partial charge in [0.15, 0.2) is 5.82 Å². The van der Waals surface area contributed by atoms with Crippen molar-refractivity contribution in [3.8, 4) is 5.82 Å². The third kappa shape index (κ3) is 2.41. The van der Waals surface area contributed by atoms with Gasteiger partial charge in [0.1, 0.15) is 11.6 Å². The number of hydrogen-bond donors (Lipinski definition) is 1. The van der Waals surface area contributed by atoms with Crippen LogP contribution in [0.3, 0.4) is 0 Å². The number of aryl methyl sites for hydroxylation is 2. The molecule has 0 radical (unpaired) electrons. The lowest BCUT2D eigenvalue weighted by Crippen LogP contribution is -2.15. The number of hydrogen-bond acceptors (Lipinski definition) is 4. The molecule has 0 aliphatic heterocycles. The molecule has 0 amide bonds. The van der Waals surface area contributed by atoms with E-state index in [4.69, 9.17) is 0 Å². The maximum absolute atomic E-state index is 4.44. The molecule has 1 N–H and O–H groups in total. The summed E-state index contributed by atoms with van der Waals surface area (Å²) in [5, 5.41) is 7.79. The van der Waals surface area contributed by atoms with Gasteiger partial charge in [-0.25, -0.2) is 9.97 Å². The first-order chi connectivity index (χ1) is 8.72. The fourth-order valence-corrected chi connectivity index (χ4v) is 1.93. The molecular formula is C13H17N5. The second kappa shape index (κ2) is 4.49. The van der Waals surface area contributed by atoms with Gasteiger partial charge in [-0.2, -0.15) is 4.68 Å². The van der Waals surface area contributed by atoms with Gasteiger partial charge in [-0.15, -0.1) is 5.10 Å². The van der Waals surface area contributed by atoms with Gasteiger partial charge in [-0.3, -0.25) is 0 Å². The average molecular weight is 243 g/mol. The molecule has 0 saturated heterocycles. The highest BCUT2D eigenvalue weighted by Crippen LogP contribution is 2.19. The van der Waals surface area contributed by atoms with E-state index in [1.165, 1.54) is 18.4 Å². The van der Waals surface area contributed by atoms with Crippen LogP contribution in [0.4, 0.5) is 0 Å². The van der Waals surface area contributed by atoms with E-state index >= 15 is 0 Å². The van der Waals surface area contributed by atoms with E-state index in [-0.39, 0.29) is 0 Å². The molecule has 1 aliphatic rings. The summed E-state index contributed by atoms with van der Waals surface area (Å²) in [6.45, 7) is 4.72. The first-order valence-electron chi connectivity index (χ1n) is 6.31. The van der Waals surface area contributed by atoms with Crippen LogP contribution in [0, 0.1) is 13.8 Å². The van der Waals surface area contributed by atoms with E-state index < -0.39 is 0 Å². The fourth-order valence-electron chi connectivity index (χ4n) is 1.93. The molecule has 0 bridgehead atoms. The summed E-state index contributed by atoms with van der Waals surface area (Å²) in [5.41, 5.74) is 1.21. The maximum atomic E-state index is 4.44. The van der Waals surface area contributed by atoms with Gasteiger partial charge in [-0.05, 0) is 38.3 Å². The first kappa shape index (κ1) is 11.3. The number of rotatable bonds is 4. The van der Waals surface area contributed by atoms with Crippen LogP contribution < -0.4 is 5.32 Å². The highest BCUT2D eigenvalue weighted by atomic mass is 15.4. The number of pyridine rings is 1. The third-order valence-electron chi connectivity index (χ3n) is 3.07. The van der Waals surface area contributed by atoms with Crippen molar-refractivity contribution in [3.05, 3.63) is 35.5 Å². The van der Waals surface area contributed by atoms with Crippen molar-refractivity contribution in [2.75, 3.05) is 0 Å². The predicted molar refractivity (Wildman–Crippen MR) is 68.5 cm³/mol. The lowest BCUT2D eigenvalue weighted by Gasteiger charge is -2.05. The Labute approximate surface area is 106 Å². The van der Waals surface area contributed by atoms with Crippen molar-refractivity contribution < 1.29 is 0 Å². The smallest absolute Gasteiger partial charge is 0.155 e. The van der Waals surface area contributed by atoms with Gasteiger partial charge >= 0.3 is 0 Å². The van der Waals surface area contributed by atoms with Crippen molar-refractivity contribution in [2.45, 2.75) is 39.3 Å². The Morgan fingerprint density at radius 1 is 1.33 bits per heavy atom. The zero-order chi connectivity index (χ0) is 12.5. The topological polar surface area (TPSA) is 55.6 Å². The van der Waals surface area contributed by atoms with Gasteiger partial charge in [0, 0.05) is 18.8 Å². The van der Waals surface area contributed by atoms with E-state index in [1.54, 1.807) is 4.68 Å². The van der Waals surface area contributed by atoms with Crippen LogP contribution in [0.25, 0.3) is 5.82 Å². The summed E-state index contributed by atoms with van der Waals surface area (Å²) in [7, 11) is 0. The Morgan fingerprint density at radius 3 is 2.72 bits per heavy atom. The van der Waals surface area contributed by atoms with Gasteiger partial charge in [0.2, 0.25) is 0 Å². The lowest BCUT2D eigenvalue weighted by molar-refractivity contribution is 0.684. The third-order valence-corrected chi connectivity index (χ3v) is 3.07. The van der Waals surface area contributed by atoms with Crippen LogP contribution in [-0.2, 0) is 6.54 Å². The van der Waals surface area contributed by atoms with Gasteiger partial charge in [-0.1, -0.05) is 6.07 Å². The zero-order valence-corrected chi connectivity index (χ0v) is 10.7. The molecule has 5 heteroatoms. The van der Waals surface area contributed by atoms with Crippen molar-refractivity contribution in [2.24, 2.45) is 0 Å². The molecule has 0 unspecified atom stereocenters. The minimum absolute atomic E-state index is 0.727. The Morgan fingerprint density at radius 2 is 2.17 bits per heavy atom. The van der Waals surface area contributed by atoms with E-state index in [0.29, 0.717) is 0 Å². The van der Waals surface area contributed by atoms with E-state index in [9.17, 15) is 0 Å². The second-order valence-electron chi connectivity index (χ2n) is 4.80. The molecule has 2 heterocycles. The zero-order valence-electron chi connectivity index (χ0n) is 10.7. The molecule has 2 aromatic heterocycles. The SMILES string of the molecule is Cc1nc(C)n(-c2ccc(CNC3CC3)cn2)n1. The van der Waals surface area contributed by atoms with Crippen LogP contribution in [-0.4, -0.2) is 25.8 Å². The molecular weight excluding hydrogens is 226 g/mol. The number of aromatic nitrogens is 4. The van der Waals surface area contributed by atoms with E-state index in [2.05, 4.69) is 26.4 Å². The second-order valence-corrected chi connectivity index (χ2v) is 4.80. The van der Waals surface area contributed by atoms with Gasteiger partial charge in [0.05, 0.1) is 0 Å². The molecule has 1 aliphatic carbocycles. The Balaban J connectivity index is 1.75. The first-order valence-corrected chi connectivity index (χ1v) is 6.31. The molecule has 18 heavy (non-hydrogen) atoms. The minimum Gasteiger partial charge on any atom is -0.310 e. The Bertz CT molecular complexity index is 539.